The summed E-state index contributed by atoms with van der Waals surface area (Å²) in [6.07, 6.45) is 2.59. The monoisotopic (exact) mass is 250 g/mol. The number of rotatable bonds is 5. The van der Waals surface area contributed by atoms with Crippen molar-refractivity contribution in [1.29, 1.82) is 0 Å². The number of amides is 1. The lowest BCUT2D eigenvalue weighted by Crippen LogP contribution is -2.31. The number of aromatic nitrogens is 1. The van der Waals surface area contributed by atoms with Gasteiger partial charge in [-0.15, -0.1) is 0 Å². The summed E-state index contributed by atoms with van der Waals surface area (Å²) < 4.78 is 0. The van der Waals surface area contributed by atoms with E-state index < -0.39 is 5.97 Å². The van der Waals surface area contributed by atoms with Crippen molar-refractivity contribution >= 4 is 11.9 Å². The van der Waals surface area contributed by atoms with Crippen molar-refractivity contribution in [2.75, 3.05) is 6.54 Å². The van der Waals surface area contributed by atoms with Gasteiger partial charge < -0.3 is 10.4 Å². The van der Waals surface area contributed by atoms with E-state index in [1.165, 1.54) is 18.5 Å². The fourth-order valence-corrected chi connectivity index (χ4v) is 1.35. The molecule has 1 aromatic rings. The zero-order valence-corrected chi connectivity index (χ0v) is 10.8. The van der Waals surface area contributed by atoms with Crippen molar-refractivity contribution in [3.63, 3.8) is 0 Å². The van der Waals surface area contributed by atoms with Gasteiger partial charge in [0.15, 0.2) is 0 Å². The zero-order chi connectivity index (χ0) is 13.7. The average molecular weight is 250 g/mol. The van der Waals surface area contributed by atoms with Gasteiger partial charge in [-0.1, -0.05) is 20.8 Å². The molecule has 0 saturated carbocycles. The smallest absolute Gasteiger partial charge is 0.338 e. The van der Waals surface area contributed by atoms with E-state index in [1.54, 1.807) is 0 Å². The van der Waals surface area contributed by atoms with Gasteiger partial charge in [-0.2, -0.15) is 0 Å². The summed E-state index contributed by atoms with van der Waals surface area (Å²) in [4.78, 5) is 26.6. The van der Waals surface area contributed by atoms with Crippen LogP contribution in [-0.2, 0) is 0 Å². The number of carbonyl (C=O) groups is 2. The summed E-state index contributed by atoms with van der Waals surface area (Å²) in [5.41, 5.74) is 0.0701. The van der Waals surface area contributed by atoms with Gasteiger partial charge in [0.05, 0.1) is 11.1 Å². The summed E-state index contributed by atoms with van der Waals surface area (Å²) in [5, 5.41) is 11.7. The summed E-state index contributed by atoms with van der Waals surface area (Å²) >= 11 is 0. The maximum Gasteiger partial charge on any atom is 0.338 e. The maximum absolute atomic E-state index is 11.9. The third-order valence-corrected chi connectivity index (χ3v) is 3.02. The minimum atomic E-state index is -1.15. The van der Waals surface area contributed by atoms with Gasteiger partial charge >= 0.3 is 5.97 Å². The van der Waals surface area contributed by atoms with Crippen LogP contribution in [0.1, 0.15) is 41.5 Å². The molecule has 0 aromatic carbocycles. The molecule has 1 amide bonds. The van der Waals surface area contributed by atoms with Crippen molar-refractivity contribution in [3.05, 3.63) is 29.6 Å². The first kappa shape index (κ1) is 14.2. The van der Waals surface area contributed by atoms with Gasteiger partial charge in [-0.25, -0.2) is 4.79 Å². The molecule has 18 heavy (non-hydrogen) atoms. The van der Waals surface area contributed by atoms with E-state index in [1.807, 2.05) is 6.92 Å². The maximum atomic E-state index is 11.9. The predicted molar refractivity (Wildman–Crippen MR) is 67.5 cm³/mol. The molecule has 5 heteroatoms. The van der Waals surface area contributed by atoms with E-state index >= 15 is 0 Å². The van der Waals surface area contributed by atoms with Crippen LogP contribution in [0, 0.1) is 11.8 Å². The molecular weight excluding hydrogens is 232 g/mol. The number of nitrogens with zero attached hydrogens (tertiary/aromatic N) is 1. The third-order valence-electron chi connectivity index (χ3n) is 3.02. The van der Waals surface area contributed by atoms with E-state index in [2.05, 4.69) is 24.1 Å². The highest BCUT2D eigenvalue weighted by Crippen LogP contribution is 2.10. The van der Waals surface area contributed by atoms with Crippen molar-refractivity contribution in [2.45, 2.75) is 20.8 Å². The molecule has 0 radical (unpaired) electrons. The van der Waals surface area contributed by atoms with Gasteiger partial charge in [0.2, 0.25) is 0 Å². The second-order valence-corrected chi connectivity index (χ2v) is 4.66. The molecule has 98 valence electrons. The molecular formula is C13H18N2O3. The van der Waals surface area contributed by atoms with Gasteiger partial charge in [-0.05, 0) is 17.9 Å². The van der Waals surface area contributed by atoms with Crippen molar-refractivity contribution in [3.8, 4) is 0 Å². The molecule has 0 aliphatic heterocycles. The lowest BCUT2D eigenvalue weighted by Gasteiger charge is -2.16. The van der Waals surface area contributed by atoms with Crippen LogP contribution in [0.15, 0.2) is 18.5 Å². The normalized spacial score (nSPS) is 12.2. The lowest BCUT2D eigenvalue weighted by molar-refractivity contribution is 0.0690. The van der Waals surface area contributed by atoms with Crippen molar-refractivity contribution in [1.82, 2.24) is 10.3 Å². The molecule has 2 N–H and O–H groups in total. The fourth-order valence-electron chi connectivity index (χ4n) is 1.35. The Hall–Kier alpha value is -1.91. The van der Waals surface area contributed by atoms with Crippen LogP contribution in [0.4, 0.5) is 0 Å². The molecule has 0 spiro atoms. The quantitative estimate of drug-likeness (QED) is 0.835. The number of hydrogen-bond donors (Lipinski definition) is 2. The number of carboxylic acids is 1. The van der Waals surface area contributed by atoms with Gasteiger partial charge in [0.1, 0.15) is 0 Å². The molecule has 1 heterocycles. The number of nitrogens with one attached hydrogen (secondary N) is 1. The lowest BCUT2D eigenvalue weighted by atomic mass is 9.98. The minimum Gasteiger partial charge on any atom is -0.478 e. The average Bonchev–Trinajstić information content (AvgIpc) is 2.35. The first-order valence-corrected chi connectivity index (χ1v) is 5.89. The highest BCUT2D eigenvalue weighted by Gasteiger charge is 2.17. The molecule has 0 aliphatic rings. The van der Waals surface area contributed by atoms with E-state index in [0.717, 1.165) is 0 Å². The van der Waals surface area contributed by atoms with Gasteiger partial charge in [0.25, 0.3) is 5.91 Å². The molecule has 5 nitrogen and oxygen atoms in total. The highest BCUT2D eigenvalue weighted by molar-refractivity contribution is 6.04. The summed E-state index contributed by atoms with van der Waals surface area (Å²) in [5.74, 6) is -0.724. The van der Waals surface area contributed by atoms with Crippen LogP contribution in [0.5, 0.6) is 0 Å². The Morgan fingerprint density at radius 2 is 2.00 bits per heavy atom. The molecule has 1 aromatic heterocycles. The summed E-state index contributed by atoms with van der Waals surface area (Å²) in [6.45, 7) is 6.71. The Kier molecular flexibility index (Phi) is 4.83. The molecule has 0 saturated heterocycles. The highest BCUT2D eigenvalue weighted by atomic mass is 16.4. The van der Waals surface area contributed by atoms with Crippen LogP contribution in [0.2, 0.25) is 0 Å². The summed E-state index contributed by atoms with van der Waals surface area (Å²) in [7, 11) is 0. The molecule has 1 unspecified atom stereocenters. The second-order valence-electron chi connectivity index (χ2n) is 4.66. The van der Waals surface area contributed by atoms with Crippen LogP contribution in [-0.4, -0.2) is 28.5 Å². The Morgan fingerprint density at radius 1 is 1.33 bits per heavy atom. The number of hydrogen-bond acceptors (Lipinski definition) is 3. The van der Waals surface area contributed by atoms with Crippen LogP contribution in [0.3, 0.4) is 0 Å². The fraction of sp³-hybridized carbons (Fsp3) is 0.462. The van der Waals surface area contributed by atoms with Gasteiger partial charge in [0, 0.05) is 18.9 Å². The number of pyridine rings is 1. The molecule has 0 bridgehead atoms. The number of aromatic carboxylic acids is 1. The minimum absolute atomic E-state index is 0.0767. The Bertz CT molecular complexity index is 444. The summed E-state index contributed by atoms with van der Waals surface area (Å²) in [6, 6.07) is 1.42. The number of carboxylic acid groups (broad SMARTS) is 1. The van der Waals surface area contributed by atoms with Gasteiger partial charge in [-0.3, -0.25) is 9.78 Å². The standard InChI is InChI=1S/C13H18N2O3/c1-8(2)9(3)6-15-12(16)10-4-5-14-7-11(10)13(17)18/h4-5,7-9H,6H2,1-3H3,(H,15,16)(H,17,18). The van der Waals surface area contributed by atoms with E-state index in [-0.39, 0.29) is 17.0 Å². The van der Waals surface area contributed by atoms with E-state index in [9.17, 15) is 9.59 Å². The topological polar surface area (TPSA) is 79.3 Å². The Morgan fingerprint density at radius 3 is 2.56 bits per heavy atom. The van der Waals surface area contributed by atoms with Crippen LogP contribution >= 0.6 is 0 Å². The SMILES string of the molecule is CC(C)C(C)CNC(=O)c1ccncc1C(=O)O. The Labute approximate surface area is 106 Å². The third kappa shape index (κ3) is 3.55. The van der Waals surface area contributed by atoms with Crippen LogP contribution < -0.4 is 5.32 Å². The first-order chi connectivity index (χ1) is 8.43. The van der Waals surface area contributed by atoms with Crippen LogP contribution in [0.25, 0.3) is 0 Å². The predicted octanol–water partition coefficient (Wildman–Crippen LogP) is 1.80. The molecule has 1 rings (SSSR count). The zero-order valence-electron chi connectivity index (χ0n) is 10.8. The molecule has 1 atom stereocenters. The van der Waals surface area contributed by atoms with E-state index in [0.29, 0.717) is 18.4 Å². The number of carbonyl (C=O) groups excluding carboxylic acids is 1. The first-order valence-electron chi connectivity index (χ1n) is 5.89. The Balaban J connectivity index is 2.76. The van der Waals surface area contributed by atoms with Crippen molar-refractivity contribution < 1.29 is 14.7 Å². The van der Waals surface area contributed by atoms with Crippen molar-refractivity contribution in [2.24, 2.45) is 11.8 Å². The largest absolute Gasteiger partial charge is 0.478 e. The molecule has 0 aliphatic carbocycles. The molecule has 0 fully saturated rings. The van der Waals surface area contributed by atoms with E-state index in [4.69, 9.17) is 5.11 Å². The second kappa shape index (κ2) is 6.14.